The van der Waals surface area contributed by atoms with Gasteiger partial charge in [0.25, 0.3) is 5.91 Å². The Bertz CT molecular complexity index is 562. The van der Waals surface area contributed by atoms with Crippen molar-refractivity contribution in [1.29, 1.82) is 0 Å². The van der Waals surface area contributed by atoms with Crippen LogP contribution in [0.4, 0.5) is 0 Å². The molecule has 1 atom stereocenters. The first kappa shape index (κ1) is 17.3. The number of piperidine rings is 1. The largest absolute Gasteiger partial charge is 0.475 e. The van der Waals surface area contributed by atoms with Crippen LogP contribution in [0.1, 0.15) is 50.5 Å². The van der Waals surface area contributed by atoms with Crippen molar-refractivity contribution in [2.75, 3.05) is 13.1 Å². The molecule has 2 amide bonds. The number of likely N-dealkylation sites (tertiary alicyclic amines) is 1. The number of carbonyl (C=O) groups is 2. The van der Waals surface area contributed by atoms with Crippen LogP contribution in [-0.4, -0.2) is 51.7 Å². The Kier molecular flexibility index (Phi) is 5.63. The molecule has 128 valence electrons. The lowest BCUT2D eigenvalue weighted by molar-refractivity contribution is -0.133. The maximum atomic E-state index is 12.3. The van der Waals surface area contributed by atoms with Crippen molar-refractivity contribution in [3.8, 4) is 5.88 Å². The Labute approximate surface area is 137 Å². The summed E-state index contributed by atoms with van der Waals surface area (Å²) >= 11 is 0. The standard InChI is InChI=1S/C16H26N4O3/c1-11(2)23-14-10-13(18-19(14)4)15(21)17-12(3)16(22)20-8-6-5-7-9-20/h10-12H,5-9H2,1-4H3,(H,17,21). The first-order valence-electron chi connectivity index (χ1n) is 8.19. The number of carbonyl (C=O) groups excluding carboxylic acids is 2. The average molecular weight is 322 g/mol. The van der Waals surface area contributed by atoms with Gasteiger partial charge < -0.3 is 15.0 Å². The molecule has 7 heteroatoms. The summed E-state index contributed by atoms with van der Waals surface area (Å²) in [6.45, 7) is 7.07. The molecule has 1 fully saturated rings. The number of nitrogens with zero attached hydrogens (tertiary/aromatic N) is 3. The van der Waals surface area contributed by atoms with Crippen LogP contribution in [0.15, 0.2) is 6.07 Å². The van der Waals surface area contributed by atoms with Crippen LogP contribution in [0, 0.1) is 0 Å². The summed E-state index contributed by atoms with van der Waals surface area (Å²) in [5.74, 6) is 0.130. The molecule has 0 aliphatic carbocycles. The molecular weight excluding hydrogens is 296 g/mol. The second-order valence-electron chi connectivity index (χ2n) is 6.24. The first-order chi connectivity index (χ1) is 10.9. The molecule has 1 aromatic heterocycles. The number of aromatic nitrogens is 2. The van der Waals surface area contributed by atoms with Crippen LogP contribution in [0.3, 0.4) is 0 Å². The summed E-state index contributed by atoms with van der Waals surface area (Å²) in [5, 5.41) is 6.87. The van der Waals surface area contributed by atoms with Gasteiger partial charge >= 0.3 is 0 Å². The summed E-state index contributed by atoms with van der Waals surface area (Å²) in [7, 11) is 1.72. The lowest BCUT2D eigenvalue weighted by Crippen LogP contribution is -2.48. The summed E-state index contributed by atoms with van der Waals surface area (Å²) in [4.78, 5) is 26.4. The second kappa shape index (κ2) is 7.48. The quantitative estimate of drug-likeness (QED) is 0.887. The predicted molar refractivity (Wildman–Crippen MR) is 86.3 cm³/mol. The zero-order valence-corrected chi connectivity index (χ0v) is 14.3. The minimum absolute atomic E-state index is 0.000846. The van der Waals surface area contributed by atoms with Crippen molar-refractivity contribution in [2.45, 2.75) is 52.2 Å². The van der Waals surface area contributed by atoms with Crippen LogP contribution < -0.4 is 10.1 Å². The van der Waals surface area contributed by atoms with Crippen molar-refractivity contribution in [3.05, 3.63) is 11.8 Å². The fourth-order valence-corrected chi connectivity index (χ4v) is 2.63. The smallest absolute Gasteiger partial charge is 0.272 e. The summed E-state index contributed by atoms with van der Waals surface area (Å²) in [5.41, 5.74) is 0.251. The van der Waals surface area contributed by atoms with E-state index < -0.39 is 6.04 Å². The van der Waals surface area contributed by atoms with Crippen LogP contribution in [0.2, 0.25) is 0 Å². The minimum atomic E-state index is -0.558. The summed E-state index contributed by atoms with van der Waals surface area (Å²) in [6, 6.07) is 1.03. The molecule has 1 aliphatic rings. The Balaban J connectivity index is 1.96. The molecule has 1 unspecified atom stereocenters. The third-order valence-corrected chi connectivity index (χ3v) is 3.81. The van der Waals surface area contributed by atoms with E-state index in [-0.39, 0.29) is 23.6 Å². The van der Waals surface area contributed by atoms with Crippen LogP contribution in [0.5, 0.6) is 5.88 Å². The van der Waals surface area contributed by atoms with E-state index in [0.717, 1.165) is 32.4 Å². The molecule has 1 N–H and O–H groups in total. The Morgan fingerprint density at radius 3 is 2.48 bits per heavy atom. The zero-order valence-electron chi connectivity index (χ0n) is 14.3. The maximum absolute atomic E-state index is 12.3. The Hall–Kier alpha value is -2.05. The van der Waals surface area contributed by atoms with Gasteiger partial charge in [-0.3, -0.25) is 9.59 Å². The van der Waals surface area contributed by atoms with Crippen molar-refractivity contribution in [1.82, 2.24) is 20.0 Å². The molecule has 23 heavy (non-hydrogen) atoms. The van der Waals surface area contributed by atoms with Gasteiger partial charge in [-0.2, -0.15) is 5.10 Å². The molecule has 0 saturated carbocycles. The molecule has 1 aromatic rings. The highest BCUT2D eigenvalue weighted by Crippen LogP contribution is 2.14. The van der Waals surface area contributed by atoms with Gasteiger partial charge in [0, 0.05) is 26.2 Å². The average Bonchev–Trinajstić information content (AvgIpc) is 2.87. The molecule has 2 heterocycles. The van der Waals surface area contributed by atoms with E-state index in [1.54, 1.807) is 20.0 Å². The van der Waals surface area contributed by atoms with Crippen molar-refractivity contribution < 1.29 is 14.3 Å². The molecule has 7 nitrogen and oxygen atoms in total. The van der Waals surface area contributed by atoms with Gasteiger partial charge in [0.05, 0.1) is 6.10 Å². The van der Waals surface area contributed by atoms with E-state index in [1.165, 1.54) is 4.68 Å². The highest BCUT2D eigenvalue weighted by molar-refractivity contribution is 5.96. The van der Waals surface area contributed by atoms with E-state index in [4.69, 9.17) is 4.74 Å². The molecular formula is C16H26N4O3. The molecule has 0 bridgehead atoms. The Morgan fingerprint density at radius 2 is 1.87 bits per heavy atom. The minimum Gasteiger partial charge on any atom is -0.475 e. The maximum Gasteiger partial charge on any atom is 0.272 e. The number of rotatable bonds is 5. The fraction of sp³-hybridized carbons (Fsp3) is 0.688. The molecule has 0 spiro atoms. The van der Waals surface area contributed by atoms with E-state index in [9.17, 15) is 9.59 Å². The zero-order chi connectivity index (χ0) is 17.0. The highest BCUT2D eigenvalue weighted by Gasteiger charge is 2.25. The molecule has 1 saturated heterocycles. The van der Waals surface area contributed by atoms with Gasteiger partial charge in [-0.1, -0.05) is 0 Å². The van der Waals surface area contributed by atoms with E-state index in [2.05, 4.69) is 10.4 Å². The van der Waals surface area contributed by atoms with Gasteiger partial charge in [-0.05, 0) is 40.0 Å². The van der Waals surface area contributed by atoms with Crippen molar-refractivity contribution in [3.63, 3.8) is 0 Å². The van der Waals surface area contributed by atoms with Gasteiger partial charge in [0.1, 0.15) is 6.04 Å². The van der Waals surface area contributed by atoms with Gasteiger partial charge in [0.2, 0.25) is 11.8 Å². The number of hydrogen-bond donors (Lipinski definition) is 1. The van der Waals surface area contributed by atoms with Crippen LogP contribution in [0.25, 0.3) is 0 Å². The third kappa shape index (κ3) is 4.46. The van der Waals surface area contributed by atoms with E-state index >= 15 is 0 Å². The van der Waals surface area contributed by atoms with E-state index in [0.29, 0.717) is 5.88 Å². The van der Waals surface area contributed by atoms with Crippen LogP contribution >= 0.6 is 0 Å². The topological polar surface area (TPSA) is 76.5 Å². The van der Waals surface area contributed by atoms with Gasteiger partial charge in [-0.25, -0.2) is 4.68 Å². The number of amides is 2. The lowest BCUT2D eigenvalue weighted by atomic mass is 10.1. The van der Waals surface area contributed by atoms with Gasteiger partial charge in [-0.15, -0.1) is 0 Å². The molecule has 1 aliphatic heterocycles. The number of aryl methyl sites for hydroxylation is 1. The van der Waals surface area contributed by atoms with E-state index in [1.807, 2.05) is 18.7 Å². The molecule has 0 radical (unpaired) electrons. The summed E-state index contributed by atoms with van der Waals surface area (Å²) < 4.78 is 7.09. The number of ether oxygens (including phenoxy) is 1. The molecule has 0 aromatic carbocycles. The normalized spacial score (nSPS) is 16.3. The number of nitrogens with one attached hydrogen (secondary N) is 1. The van der Waals surface area contributed by atoms with Gasteiger partial charge in [0.15, 0.2) is 5.69 Å². The third-order valence-electron chi connectivity index (χ3n) is 3.81. The van der Waals surface area contributed by atoms with Crippen molar-refractivity contribution >= 4 is 11.8 Å². The first-order valence-corrected chi connectivity index (χ1v) is 8.19. The number of hydrogen-bond acceptors (Lipinski definition) is 4. The Morgan fingerprint density at radius 1 is 1.22 bits per heavy atom. The predicted octanol–water partition coefficient (Wildman–Crippen LogP) is 1.34. The second-order valence-corrected chi connectivity index (χ2v) is 6.24. The highest BCUT2D eigenvalue weighted by atomic mass is 16.5. The summed E-state index contributed by atoms with van der Waals surface area (Å²) in [6.07, 6.45) is 3.23. The molecule has 2 rings (SSSR count). The lowest BCUT2D eigenvalue weighted by Gasteiger charge is -2.29. The SMILES string of the molecule is CC(C)Oc1cc(C(=O)NC(C)C(=O)N2CCCCC2)nn1C. The monoisotopic (exact) mass is 322 g/mol. The fourth-order valence-electron chi connectivity index (χ4n) is 2.63. The van der Waals surface area contributed by atoms with Crippen molar-refractivity contribution in [2.24, 2.45) is 7.05 Å². The van der Waals surface area contributed by atoms with Crippen LogP contribution in [-0.2, 0) is 11.8 Å².